The van der Waals surface area contributed by atoms with E-state index in [0.717, 1.165) is 0 Å². The molecule has 0 bridgehead atoms. The number of hydrogen-bond acceptors (Lipinski definition) is 2. The molecule has 0 fully saturated rings. The molecule has 3 heteroatoms. The monoisotopic (exact) mass is 174 g/mol. The maximum Gasteiger partial charge on any atom is 1.00 e. The smallest absolute Gasteiger partial charge is 1.00 e. The van der Waals surface area contributed by atoms with E-state index in [9.17, 15) is 4.79 Å². The van der Waals surface area contributed by atoms with E-state index in [-0.39, 0.29) is 43.4 Å². The van der Waals surface area contributed by atoms with Crippen molar-refractivity contribution in [1.29, 1.82) is 0 Å². The van der Waals surface area contributed by atoms with Crippen LogP contribution in [0.5, 0.6) is 0 Å². The fourth-order valence-corrected chi connectivity index (χ4v) is 0.838. The zero-order chi connectivity index (χ0) is 8.10. The molecule has 0 amide bonds. The summed E-state index contributed by atoms with van der Waals surface area (Å²) in [6.45, 7) is 0.157. The SMILES string of the molecule is COCC(=O)c1ccccc1.[H-].[Na+]. The summed E-state index contributed by atoms with van der Waals surface area (Å²) < 4.78 is 4.71. The summed E-state index contributed by atoms with van der Waals surface area (Å²) in [5, 5.41) is 0. The van der Waals surface area contributed by atoms with Crippen molar-refractivity contribution in [3.8, 4) is 0 Å². The van der Waals surface area contributed by atoms with Crippen LogP contribution >= 0.6 is 0 Å². The molecule has 2 nitrogen and oxygen atoms in total. The van der Waals surface area contributed by atoms with Crippen LogP contribution in [-0.4, -0.2) is 19.5 Å². The zero-order valence-corrected chi connectivity index (χ0v) is 9.41. The molecule has 0 saturated heterocycles. The Bertz CT molecular complexity index is 239. The van der Waals surface area contributed by atoms with Crippen molar-refractivity contribution in [3.63, 3.8) is 0 Å². The molecule has 0 aliphatic heterocycles. The molecule has 1 aromatic rings. The molecule has 0 heterocycles. The molecule has 0 N–H and O–H groups in total. The summed E-state index contributed by atoms with van der Waals surface area (Å²) in [7, 11) is 1.51. The summed E-state index contributed by atoms with van der Waals surface area (Å²) >= 11 is 0. The van der Waals surface area contributed by atoms with Gasteiger partial charge in [-0.25, -0.2) is 0 Å². The number of Topliss-reactive ketones (excluding diaryl/α,β-unsaturated/α-hetero) is 1. The maximum atomic E-state index is 11.1. The van der Waals surface area contributed by atoms with Crippen LogP contribution in [0.4, 0.5) is 0 Å². The topological polar surface area (TPSA) is 26.3 Å². The summed E-state index contributed by atoms with van der Waals surface area (Å²) in [4.78, 5) is 11.1. The molecular weight excluding hydrogens is 163 g/mol. The summed E-state index contributed by atoms with van der Waals surface area (Å²) in [6, 6.07) is 9.11. The van der Waals surface area contributed by atoms with Crippen molar-refractivity contribution in [1.82, 2.24) is 0 Å². The van der Waals surface area contributed by atoms with Gasteiger partial charge in [-0.15, -0.1) is 0 Å². The van der Waals surface area contributed by atoms with Crippen molar-refractivity contribution in [2.45, 2.75) is 0 Å². The number of hydrogen-bond donors (Lipinski definition) is 0. The van der Waals surface area contributed by atoms with Crippen LogP contribution in [-0.2, 0) is 4.74 Å². The van der Waals surface area contributed by atoms with E-state index in [2.05, 4.69) is 0 Å². The van der Waals surface area contributed by atoms with Crippen LogP contribution in [0.3, 0.4) is 0 Å². The van der Waals surface area contributed by atoms with Gasteiger partial charge in [-0.05, 0) is 0 Å². The molecule has 0 atom stereocenters. The predicted octanol–water partition coefficient (Wildman–Crippen LogP) is -1.37. The summed E-state index contributed by atoms with van der Waals surface area (Å²) in [5.41, 5.74) is 0.703. The fourth-order valence-electron chi connectivity index (χ4n) is 0.838. The molecular formula is C9H11NaO2. The Morgan fingerprint density at radius 2 is 2.00 bits per heavy atom. The summed E-state index contributed by atoms with van der Waals surface area (Å²) in [5.74, 6) is 0.0214. The molecule has 12 heavy (non-hydrogen) atoms. The predicted molar refractivity (Wildman–Crippen MR) is 43.8 cm³/mol. The van der Waals surface area contributed by atoms with Crippen molar-refractivity contribution in [2.24, 2.45) is 0 Å². The van der Waals surface area contributed by atoms with Crippen molar-refractivity contribution < 1.29 is 40.5 Å². The molecule has 0 radical (unpaired) electrons. The molecule has 1 rings (SSSR count). The second-order valence-corrected chi connectivity index (χ2v) is 2.22. The molecule has 0 aliphatic carbocycles. The molecule has 0 aliphatic rings. The van der Waals surface area contributed by atoms with Crippen LogP contribution < -0.4 is 29.6 Å². The van der Waals surface area contributed by atoms with Gasteiger partial charge in [-0.2, -0.15) is 0 Å². The largest absolute Gasteiger partial charge is 1.00 e. The Labute approximate surface area is 95.7 Å². The Hall–Kier alpha value is -0.150. The van der Waals surface area contributed by atoms with Gasteiger partial charge >= 0.3 is 29.6 Å². The molecule has 0 saturated carbocycles. The van der Waals surface area contributed by atoms with Gasteiger partial charge in [0.25, 0.3) is 0 Å². The molecule has 60 valence electrons. The minimum Gasteiger partial charge on any atom is -1.00 e. The van der Waals surface area contributed by atoms with Gasteiger partial charge in [-0.1, -0.05) is 30.3 Å². The number of ketones is 1. The van der Waals surface area contributed by atoms with E-state index in [0.29, 0.717) is 5.56 Å². The van der Waals surface area contributed by atoms with E-state index >= 15 is 0 Å². The quantitative estimate of drug-likeness (QED) is 0.417. The third kappa shape index (κ3) is 3.50. The van der Waals surface area contributed by atoms with Gasteiger partial charge < -0.3 is 6.16 Å². The molecule has 1 aromatic carbocycles. The normalized spacial score (nSPS) is 8.75. The van der Waals surface area contributed by atoms with Gasteiger partial charge in [0.15, 0.2) is 5.78 Å². The first-order chi connectivity index (χ1) is 5.34. The van der Waals surface area contributed by atoms with E-state index in [1.54, 1.807) is 12.1 Å². The van der Waals surface area contributed by atoms with Gasteiger partial charge in [0.2, 0.25) is 0 Å². The minimum absolute atomic E-state index is 0. The second-order valence-electron chi connectivity index (χ2n) is 2.22. The fraction of sp³-hybridized carbons (Fsp3) is 0.222. The zero-order valence-electron chi connectivity index (χ0n) is 8.41. The number of methoxy groups -OCH3 is 1. The third-order valence-electron chi connectivity index (χ3n) is 1.37. The molecule has 0 spiro atoms. The average Bonchev–Trinajstić information content (AvgIpc) is 2.07. The second kappa shape index (κ2) is 6.38. The number of benzene rings is 1. The van der Waals surface area contributed by atoms with Crippen LogP contribution in [0.15, 0.2) is 30.3 Å². The van der Waals surface area contributed by atoms with Crippen LogP contribution in [0.25, 0.3) is 0 Å². The number of carbonyl (C=O) groups excluding carboxylic acids is 1. The van der Waals surface area contributed by atoms with E-state index < -0.39 is 0 Å². The standard InChI is InChI=1S/C9H10O2.Na.H/c1-11-7-9(10)8-5-3-2-4-6-8;;/h2-6H,7H2,1H3;;/q;+1;-1. The number of rotatable bonds is 3. The number of ether oxygens (including phenoxy) is 1. The first-order valence-electron chi connectivity index (χ1n) is 3.42. The van der Waals surface area contributed by atoms with Crippen molar-refractivity contribution >= 4 is 5.78 Å². The van der Waals surface area contributed by atoms with Crippen LogP contribution in [0.2, 0.25) is 0 Å². The Morgan fingerprint density at radius 1 is 1.42 bits per heavy atom. The third-order valence-corrected chi connectivity index (χ3v) is 1.37. The number of carbonyl (C=O) groups is 1. The van der Waals surface area contributed by atoms with Crippen LogP contribution in [0.1, 0.15) is 11.8 Å². The minimum atomic E-state index is 0. The Kier molecular flexibility index (Phi) is 6.30. The first-order valence-corrected chi connectivity index (χ1v) is 3.42. The Balaban J connectivity index is 0. The van der Waals surface area contributed by atoms with Gasteiger partial charge in [0, 0.05) is 12.7 Å². The van der Waals surface area contributed by atoms with Crippen molar-refractivity contribution in [2.75, 3.05) is 13.7 Å². The van der Waals surface area contributed by atoms with Gasteiger partial charge in [0.1, 0.15) is 6.61 Å². The molecule has 0 aromatic heterocycles. The molecule has 0 unspecified atom stereocenters. The van der Waals surface area contributed by atoms with Crippen molar-refractivity contribution in [3.05, 3.63) is 35.9 Å². The van der Waals surface area contributed by atoms with Crippen LogP contribution in [0, 0.1) is 0 Å². The average molecular weight is 174 g/mol. The Morgan fingerprint density at radius 3 is 2.50 bits per heavy atom. The van der Waals surface area contributed by atoms with E-state index in [1.807, 2.05) is 18.2 Å². The van der Waals surface area contributed by atoms with E-state index in [1.165, 1.54) is 7.11 Å². The summed E-state index contributed by atoms with van der Waals surface area (Å²) in [6.07, 6.45) is 0. The first kappa shape index (κ1) is 11.8. The van der Waals surface area contributed by atoms with Gasteiger partial charge in [0.05, 0.1) is 0 Å². The maximum absolute atomic E-state index is 11.1. The van der Waals surface area contributed by atoms with E-state index in [4.69, 9.17) is 4.74 Å². The van der Waals surface area contributed by atoms with Gasteiger partial charge in [-0.3, -0.25) is 4.79 Å².